The molecule has 11 heteroatoms. The highest BCUT2D eigenvalue weighted by molar-refractivity contribution is 6.43. The number of benzene rings is 2. The Morgan fingerprint density at radius 3 is 2.32 bits per heavy atom. The van der Waals surface area contributed by atoms with Crippen molar-refractivity contribution in [2.24, 2.45) is 10.3 Å². The summed E-state index contributed by atoms with van der Waals surface area (Å²) in [5.41, 5.74) is -1.54. The lowest BCUT2D eigenvalue weighted by molar-refractivity contribution is -0.137. The molecule has 2 aromatic carbocycles. The SMILES string of the molecule is CO/N=C(/C(=O)OC)c1ccccc1CO/N=C(\C(=O)O)c1cccc(C(F)(F)F)c1. The van der Waals surface area contributed by atoms with Gasteiger partial charge in [-0.25, -0.2) is 9.59 Å². The molecule has 0 aromatic heterocycles. The predicted molar refractivity (Wildman–Crippen MR) is 102 cm³/mol. The topological polar surface area (TPSA) is 107 Å². The lowest BCUT2D eigenvalue weighted by atomic mass is 10.0. The van der Waals surface area contributed by atoms with Gasteiger partial charge in [0.25, 0.3) is 0 Å². The van der Waals surface area contributed by atoms with Crippen molar-refractivity contribution in [1.82, 2.24) is 0 Å². The first kappa shape index (κ1) is 23.4. The van der Waals surface area contributed by atoms with Gasteiger partial charge in [-0.1, -0.05) is 46.7 Å². The third-order valence-corrected chi connectivity index (χ3v) is 3.88. The molecule has 0 aliphatic heterocycles. The van der Waals surface area contributed by atoms with Crippen LogP contribution in [0, 0.1) is 0 Å². The van der Waals surface area contributed by atoms with Crippen LogP contribution < -0.4 is 0 Å². The van der Waals surface area contributed by atoms with Gasteiger partial charge in [-0.15, -0.1) is 0 Å². The number of halogens is 3. The van der Waals surface area contributed by atoms with Gasteiger partial charge in [0.05, 0.1) is 12.7 Å². The number of carbonyl (C=O) groups excluding carboxylic acids is 1. The average molecular weight is 438 g/mol. The van der Waals surface area contributed by atoms with Crippen molar-refractivity contribution in [2.45, 2.75) is 12.8 Å². The predicted octanol–water partition coefficient (Wildman–Crippen LogP) is 3.23. The molecule has 0 saturated heterocycles. The summed E-state index contributed by atoms with van der Waals surface area (Å²) in [7, 11) is 2.39. The van der Waals surface area contributed by atoms with Crippen molar-refractivity contribution < 1.29 is 42.3 Å². The molecular weight excluding hydrogens is 421 g/mol. The van der Waals surface area contributed by atoms with E-state index in [-0.39, 0.29) is 23.4 Å². The van der Waals surface area contributed by atoms with Gasteiger partial charge in [0.2, 0.25) is 0 Å². The quantitative estimate of drug-likeness (QED) is 0.385. The first-order valence-electron chi connectivity index (χ1n) is 8.57. The van der Waals surface area contributed by atoms with Crippen LogP contribution in [0.2, 0.25) is 0 Å². The Morgan fingerprint density at radius 2 is 1.71 bits per heavy atom. The maximum Gasteiger partial charge on any atom is 0.416 e. The zero-order chi connectivity index (χ0) is 23.0. The van der Waals surface area contributed by atoms with E-state index < -0.39 is 29.4 Å². The second-order valence-electron chi connectivity index (χ2n) is 5.87. The summed E-state index contributed by atoms with van der Waals surface area (Å²) in [4.78, 5) is 33.2. The Morgan fingerprint density at radius 1 is 1.00 bits per heavy atom. The van der Waals surface area contributed by atoms with E-state index >= 15 is 0 Å². The number of hydrogen-bond acceptors (Lipinski definition) is 7. The summed E-state index contributed by atoms with van der Waals surface area (Å²) in [6, 6.07) is 10.0. The second kappa shape index (κ2) is 10.2. The Hall–Kier alpha value is -3.89. The Balaban J connectivity index is 2.33. The molecule has 31 heavy (non-hydrogen) atoms. The molecular formula is C20H17F3N2O6. The third-order valence-electron chi connectivity index (χ3n) is 3.88. The number of methoxy groups -OCH3 is 1. The molecule has 0 unspecified atom stereocenters. The summed E-state index contributed by atoms with van der Waals surface area (Å²) in [6.45, 7) is -0.314. The maximum absolute atomic E-state index is 12.9. The molecule has 0 radical (unpaired) electrons. The highest BCUT2D eigenvalue weighted by Crippen LogP contribution is 2.29. The Labute approximate surface area is 174 Å². The monoisotopic (exact) mass is 438 g/mol. The fraction of sp³-hybridized carbons (Fsp3) is 0.200. The molecule has 0 fully saturated rings. The van der Waals surface area contributed by atoms with Gasteiger partial charge in [-0.05, 0) is 12.1 Å². The molecule has 0 heterocycles. The number of carboxylic acids is 1. The van der Waals surface area contributed by atoms with Crippen molar-refractivity contribution in [2.75, 3.05) is 14.2 Å². The Kier molecular flexibility index (Phi) is 7.72. The fourth-order valence-corrected chi connectivity index (χ4v) is 2.49. The highest BCUT2D eigenvalue weighted by atomic mass is 19.4. The van der Waals surface area contributed by atoms with E-state index in [4.69, 9.17) is 4.84 Å². The van der Waals surface area contributed by atoms with Crippen molar-refractivity contribution >= 4 is 23.4 Å². The van der Waals surface area contributed by atoms with Crippen molar-refractivity contribution in [1.29, 1.82) is 0 Å². The summed E-state index contributed by atoms with van der Waals surface area (Å²) in [6.07, 6.45) is -4.65. The van der Waals surface area contributed by atoms with Gasteiger partial charge in [-0.2, -0.15) is 13.2 Å². The molecule has 2 rings (SSSR count). The van der Waals surface area contributed by atoms with E-state index in [9.17, 15) is 27.9 Å². The van der Waals surface area contributed by atoms with Crippen molar-refractivity contribution in [3.8, 4) is 0 Å². The number of ether oxygens (including phenoxy) is 1. The number of nitrogens with zero attached hydrogens (tertiary/aromatic N) is 2. The molecule has 1 N–H and O–H groups in total. The van der Waals surface area contributed by atoms with E-state index in [0.29, 0.717) is 11.6 Å². The van der Waals surface area contributed by atoms with E-state index in [1.165, 1.54) is 19.2 Å². The van der Waals surface area contributed by atoms with Crippen LogP contribution in [-0.4, -0.2) is 42.7 Å². The first-order chi connectivity index (χ1) is 14.7. The van der Waals surface area contributed by atoms with Crippen molar-refractivity contribution in [3.05, 3.63) is 70.8 Å². The minimum atomic E-state index is -4.65. The van der Waals surface area contributed by atoms with Crippen LogP contribution in [-0.2, 0) is 36.8 Å². The summed E-state index contributed by atoms with van der Waals surface area (Å²) >= 11 is 0. The number of rotatable bonds is 8. The van der Waals surface area contributed by atoms with Gasteiger partial charge >= 0.3 is 18.1 Å². The first-order valence-corrected chi connectivity index (χ1v) is 8.57. The number of hydrogen-bond donors (Lipinski definition) is 1. The van der Waals surface area contributed by atoms with Crippen LogP contribution in [0.5, 0.6) is 0 Å². The van der Waals surface area contributed by atoms with Crippen LogP contribution in [0.4, 0.5) is 13.2 Å². The molecule has 0 aliphatic rings. The summed E-state index contributed by atoms with van der Waals surface area (Å²) in [5, 5.41) is 16.5. The van der Waals surface area contributed by atoms with Crippen LogP contribution in [0.15, 0.2) is 58.8 Å². The molecule has 0 saturated carbocycles. The average Bonchev–Trinajstić information content (AvgIpc) is 2.74. The van der Waals surface area contributed by atoms with Gasteiger partial charge in [0, 0.05) is 16.7 Å². The minimum Gasteiger partial charge on any atom is -0.476 e. The zero-order valence-electron chi connectivity index (χ0n) is 16.3. The molecule has 8 nitrogen and oxygen atoms in total. The standard InChI is InChI=1S/C20H17F3N2O6/c1-29-19(28)17(24-30-2)15-9-4-3-6-13(15)11-31-25-16(18(26)27)12-7-5-8-14(10-12)20(21,22)23/h3-10H,11H2,1-2H3,(H,26,27)/b24-17+,25-16-. The number of carbonyl (C=O) groups is 2. The largest absolute Gasteiger partial charge is 0.476 e. The maximum atomic E-state index is 12.9. The van der Waals surface area contributed by atoms with E-state index in [2.05, 4.69) is 19.9 Å². The third kappa shape index (κ3) is 6.04. The van der Waals surface area contributed by atoms with Gasteiger partial charge in [0.15, 0.2) is 11.4 Å². The number of oxime groups is 2. The van der Waals surface area contributed by atoms with Crippen LogP contribution >= 0.6 is 0 Å². The molecule has 2 aromatic rings. The van der Waals surface area contributed by atoms with E-state index in [1.54, 1.807) is 18.2 Å². The van der Waals surface area contributed by atoms with Crippen LogP contribution in [0.3, 0.4) is 0 Å². The van der Waals surface area contributed by atoms with Gasteiger partial charge < -0.3 is 19.5 Å². The normalized spacial score (nSPS) is 12.3. The molecule has 0 spiro atoms. The number of aliphatic carboxylic acids is 1. The fourth-order valence-electron chi connectivity index (χ4n) is 2.49. The van der Waals surface area contributed by atoms with Crippen LogP contribution in [0.1, 0.15) is 22.3 Å². The second-order valence-corrected chi connectivity index (χ2v) is 5.87. The van der Waals surface area contributed by atoms with E-state index in [0.717, 1.165) is 19.2 Å². The number of alkyl halides is 3. The van der Waals surface area contributed by atoms with Crippen LogP contribution in [0.25, 0.3) is 0 Å². The minimum absolute atomic E-state index is 0.162. The molecule has 0 aliphatic carbocycles. The van der Waals surface area contributed by atoms with Crippen molar-refractivity contribution in [3.63, 3.8) is 0 Å². The number of carboxylic acid groups (broad SMARTS) is 1. The number of esters is 1. The highest BCUT2D eigenvalue weighted by Gasteiger charge is 2.31. The summed E-state index contributed by atoms with van der Waals surface area (Å²) in [5.74, 6) is -2.36. The lowest BCUT2D eigenvalue weighted by Crippen LogP contribution is -2.19. The van der Waals surface area contributed by atoms with Gasteiger partial charge in [0.1, 0.15) is 13.7 Å². The molecule has 164 valence electrons. The zero-order valence-corrected chi connectivity index (χ0v) is 16.3. The lowest BCUT2D eigenvalue weighted by Gasteiger charge is -2.10. The Bertz CT molecular complexity index is 1020. The molecule has 0 amide bonds. The van der Waals surface area contributed by atoms with Gasteiger partial charge in [-0.3, -0.25) is 0 Å². The van der Waals surface area contributed by atoms with E-state index in [1.807, 2.05) is 0 Å². The summed E-state index contributed by atoms with van der Waals surface area (Å²) < 4.78 is 43.4. The molecule has 0 bridgehead atoms. The smallest absolute Gasteiger partial charge is 0.416 e. The molecule has 0 atom stereocenters.